The summed E-state index contributed by atoms with van der Waals surface area (Å²) in [6.45, 7) is 7.91. The third-order valence-electron chi connectivity index (χ3n) is 6.04. The smallest absolute Gasteiger partial charge is 0.309 e. The largest absolute Gasteiger partial charge is 0.455 e. The molecule has 0 bridgehead atoms. The Morgan fingerprint density at radius 3 is 2.38 bits per heavy atom. The lowest BCUT2D eigenvalue weighted by Gasteiger charge is -2.32. The number of amides is 1. The van der Waals surface area contributed by atoms with Gasteiger partial charge in [0.2, 0.25) is 0 Å². The number of nitro groups is 1. The summed E-state index contributed by atoms with van der Waals surface area (Å²) in [6, 6.07) is 14.5. The molecule has 0 saturated carbocycles. The molecular weight excluding hydrogens is 436 g/mol. The highest BCUT2D eigenvalue weighted by Crippen LogP contribution is 2.31. The lowest BCUT2D eigenvalue weighted by atomic mass is 9.96. The summed E-state index contributed by atoms with van der Waals surface area (Å²) in [7, 11) is 0. The van der Waals surface area contributed by atoms with Gasteiger partial charge in [-0.1, -0.05) is 12.1 Å². The number of rotatable bonds is 9. The Kier molecular flexibility index (Phi) is 8.45. The van der Waals surface area contributed by atoms with Crippen molar-refractivity contribution in [3.63, 3.8) is 0 Å². The predicted octanol–water partition coefficient (Wildman–Crippen LogP) is 4.23. The lowest BCUT2D eigenvalue weighted by Crippen LogP contribution is -2.37. The Bertz CT molecular complexity index is 1000. The van der Waals surface area contributed by atoms with Crippen molar-refractivity contribution in [1.82, 2.24) is 0 Å². The first-order chi connectivity index (χ1) is 16.3. The maximum Gasteiger partial charge on any atom is 0.309 e. The van der Waals surface area contributed by atoms with E-state index >= 15 is 0 Å². The van der Waals surface area contributed by atoms with Crippen LogP contribution in [0.25, 0.3) is 0 Å². The van der Waals surface area contributed by atoms with E-state index in [1.807, 2.05) is 29.2 Å². The SMILES string of the molecule is CCN(c1ccc(NC(=O)COC(=O)C2CCN(c3ccccc3[N+](=O)[O-])CC2)cc1)C(C)C. The number of ether oxygens (including phenoxy) is 1. The summed E-state index contributed by atoms with van der Waals surface area (Å²) >= 11 is 0. The number of para-hydroxylation sites is 2. The van der Waals surface area contributed by atoms with Crippen molar-refractivity contribution in [2.75, 3.05) is 41.4 Å². The molecule has 1 N–H and O–H groups in total. The van der Waals surface area contributed by atoms with Gasteiger partial charge in [0.25, 0.3) is 11.6 Å². The van der Waals surface area contributed by atoms with E-state index in [4.69, 9.17) is 4.74 Å². The molecule has 2 aromatic carbocycles. The maximum absolute atomic E-state index is 12.5. The van der Waals surface area contributed by atoms with Crippen molar-refractivity contribution in [1.29, 1.82) is 0 Å². The van der Waals surface area contributed by atoms with Gasteiger partial charge in [0.15, 0.2) is 6.61 Å². The van der Waals surface area contributed by atoms with Crippen LogP contribution in [0.15, 0.2) is 48.5 Å². The van der Waals surface area contributed by atoms with E-state index in [0.29, 0.717) is 43.3 Å². The number of hydrogen-bond donors (Lipinski definition) is 1. The van der Waals surface area contributed by atoms with Crippen LogP contribution in [0.3, 0.4) is 0 Å². The first-order valence-corrected chi connectivity index (χ1v) is 11.6. The Morgan fingerprint density at radius 2 is 1.79 bits per heavy atom. The summed E-state index contributed by atoms with van der Waals surface area (Å²) < 4.78 is 5.24. The third kappa shape index (κ3) is 6.24. The summed E-state index contributed by atoms with van der Waals surface area (Å²) in [4.78, 5) is 39.7. The molecule has 1 saturated heterocycles. The molecule has 1 aliphatic rings. The van der Waals surface area contributed by atoms with E-state index in [0.717, 1.165) is 12.2 Å². The molecule has 0 aliphatic carbocycles. The van der Waals surface area contributed by atoms with Crippen molar-refractivity contribution in [3.8, 4) is 0 Å². The van der Waals surface area contributed by atoms with Gasteiger partial charge in [-0.25, -0.2) is 0 Å². The molecule has 9 nitrogen and oxygen atoms in total. The number of piperidine rings is 1. The van der Waals surface area contributed by atoms with E-state index in [1.54, 1.807) is 18.2 Å². The first kappa shape index (κ1) is 25.0. The van der Waals surface area contributed by atoms with Crippen LogP contribution in [-0.2, 0) is 14.3 Å². The van der Waals surface area contributed by atoms with Gasteiger partial charge in [-0.05, 0) is 63.9 Å². The molecule has 1 fully saturated rings. The number of nitro benzene ring substituents is 1. The zero-order valence-corrected chi connectivity index (χ0v) is 19.9. The number of carbonyl (C=O) groups is 2. The molecule has 9 heteroatoms. The minimum atomic E-state index is -0.414. The van der Waals surface area contributed by atoms with Crippen LogP contribution < -0.4 is 15.1 Å². The lowest BCUT2D eigenvalue weighted by molar-refractivity contribution is -0.384. The number of nitrogens with zero attached hydrogens (tertiary/aromatic N) is 3. The minimum Gasteiger partial charge on any atom is -0.455 e. The van der Waals surface area contributed by atoms with Crippen molar-refractivity contribution < 1.29 is 19.2 Å². The van der Waals surface area contributed by atoms with Gasteiger partial charge in [-0.15, -0.1) is 0 Å². The second kappa shape index (κ2) is 11.5. The van der Waals surface area contributed by atoms with E-state index < -0.39 is 16.8 Å². The number of esters is 1. The fraction of sp³-hybridized carbons (Fsp3) is 0.440. The molecule has 3 rings (SSSR count). The Hall–Kier alpha value is -3.62. The molecule has 34 heavy (non-hydrogen) atoms. The first-order valence-electron chi connectivity index (χ1n) is 11.6. The van der Waals surface area contributed by atoms with Crippen LogP contribution in [0, 0.1) is 16.0 Å². The minimum absolute atomic E-state index is 0.0554. The predicted molar refractivity (Wildman–Crippen MR) is 132 cm³/mol. The average molecular weight is 469 g/mol. The second-order valence-electron chi connectivity index (χ2n) is 8.59. The number of nitrogens with one attached hydrogen (secondary N) is 1. The van der Waals surface area contributed by atoms with Crippen molar-refractivity contribution >= 4 is 34.6 Å². The zero-order chi connectivity index (χ0) is 24.7. The van der Waals surface area contributed by atoms with E-state index in [2.05, 4.69) is 31.0 Å². The van der Waals surface area contributed by atoms with Crippen LogP contribution >= 0.6 is 0 Å². The maximum atomic E-state index is 12.5. The number of benzene rings is 2. The fourth-order valence-corrected chi connectivity index (χ4v) is 4.28. The van der Waals surface area contributed by atoms with E-state index in [1.165, 1.54) is 6.07 Å². The van der Waals surface area contributed by atoms with Gasteiger partial charge in [-0.3, -0.25) is 19.7 Å². The molecule has 0 spiro atoms. The number of carbonyl (C=O) groups excluding carboxylic acids is 2. The van der Waals surface area contributed by atoms with Crippen molar-refractivity contribution in [2.24, 2.45) is 5.92 Å². The number of hydrogen-bond acceptors (Lipinski definition) is 7. The Labute approximate surface area is 199 Å². The summed E-state index contributed by atoms with van der Waals surface area (Å²) in [5.41, 5.74) is 2.33. The molecule has 0 atom stereocenters. The van der Waals surface area contributed by atoms with Crippen LogP contribution in [0.4, 0.5) is 22.7 Å². The van der Waals surface area contributed by atoms with E-state index in [-0.39, 0.29) is 18.2 Å². The molecule has 2 aromatic rings. The highest BCUT2D eigenvalue weighted by atomic mass is 16.6. The highest BCUT2D eigenvalue weighted by Gasteiger charge is 2.29. The van der Waals surface area contributed by atoms with Gasteiger partial charge in [0.1, 0.15) is 5.69 Å². The Morgan fingerprint density at radius 1 is 1.15 bits per heavy atom. The van der Waals surface area contributed by atoms with Crippen molar-refractivity contribution in [3.05, 3.63) is 58.6 Å². The molecule has 1 heterocycles. The van der Waals surface area contributed by atoms with Gasteiger partial charge in [-0.2, -0.15) is 0 Å². The molecule has 182 valence electrons. The number of anilines is 3. The molecule has 1 aliphatic heterocycles. The monoisotopic (exact) mass is 468 g/mol. The van der Waals surface area contributed by atoms with Crippen LogP contribution in [-0.4, -0.2) is 49.1 Å². The van der Waals surface area contributed by atoms with Crippen molar-refractivity contribution in [2.45, 2.75) is 39.7 Å². The fourth-order valence-electron chi connectivity index (χ4n) is 4.28. The molecule has 0 radical (unpaired) electrons. The van der Waals surface area contributed by atoms with E-state index in [9.17, 15) is 19.7 Å². The van der Waals surface area contributed by atoms with Gasteiger partial charge < -0.3 is 19.9 Å². The normalized spacial score (nSPS) is 14.1. The second-order valence-corrected chi connectivity index (χ2v) is 8.59. The summed E-state index contributed by atoms with van der Waals surface area (Å²) in [5.74, 6) is -1.14. The quantitative estimate of drug-likeness (QED) is 0.334. The van der Waals surface area contributed by atoms with Gasteiger partial charge >= 0.3 is 5.97 Å². The Balaban J connectivity index is 1.46. The summed E-state index contributed by atoms with van der Waals surface area (Å²) in [5, 5.41) is 14.0. The molecule has 0 aromatic heterocycles. The standard InChI is InChI=1S/C25H32N4O5/c1-4-28(18(2)3)21-11-9-20(10-12-21)26-24(30)17-34-25(31)19-13-15-27(16-14-19)22-7-5-6-8-23(22)29(32)33/h5-12,18-19H,4,13-17H2,1-3H3,(H,26,30). The van der Waals surface area contributed by atoms with Gasteiger partial charge in [0.05, 0.1) is 10.8 Å². The molecular formula is C25H32N4O5. The molecule has 1 amide bonds. The van der Waals surface area contributed by atoms with Gasteiger partial charge in [0, 0.05) is 43.1 Å². The molecule has 0 unspecified atom stereocenters. The third-order valence-corrected chi connectivity index (χ3v) is 6.04. The topological polar surface area (TPSA) is 105 Å². The van der Waals surface area contributed by atoms with Crippen LogP contribution in [0.2, 0.25) is 0 Å². The zero-order valence-electron chi connectivity index (χ0n) is 19.9. The summed E-state index contributed by atoms with van der Waals surface area (Å²) in [6.07, 6.45) is 1.02. The van der Waals surface area contributed by atoms with Crippen LogP contribution in [0.1, 0.15) is 33.6 Å². The average Bonchev–Trinajstić information content (AvgIpc) is 2.84. The van der Waals surface area contributed by atoms with Crippen LogP contribution in [0.5, 0.6) is 0 Å². The highest BCUT2D eigenvalue weighted by molar-refractivity contribution is 5.93.